The van der Waals surface area contributed by atoms with Gasteiger partial charge in [-0.25, -0.2) is 5.01 Å². The molecule has 0 amide bonds. The highest BCUT2D eigenvalue weighted by Crippen LogP contribution is 2.40. The van der Waals surface area contributed by atoms with Gasteiger partial charge in [-0.2, -0.15) is 5.10 Å². The lowest BCUT2D eigenvalue weighted by atomic mass is 9.71. The zero-order valence-corrected chi connectivity index (χ0v) is 17.6. The van der Waals surface area contributed by atoms with E-state index in [0.29, 0.717) is 13.1 Å². The zero-order valence-electron chi connectivity index (χ0n) is 17.6. The quantitative estimate of drug-likeness (QED) is 0.506. The molecule has 4 rings (SSSR count). The number of benzene rings is 3. The summed E-state index contributed by atoms with van der Waals surface area (Å²) in [4.78, 5) is 4.84. The van der Waals surface area contributed by atoms with Crippen molar-refractivity contribution in [3.63, 3.8) is 0 Å². The monoisotopic (exact) mass is 396 g/mol. The lowest BCUT2D eigenvalue weighted by Gasteiger charge is -2.34. The van der Waals surface area contributed by atoms with Gasteiger partial charge in [-0.3, -0.25) is 4.99 Å². The van der Waals surface area contributed by atoms with Crippen molar-refractivity contribution >= 4 is 11.5 Å². The summed E-state index contributed by atoms with van der Waals surface area (Å²) in [5, 5.41) is 7.12. The summed E-state index contributed by atoms with van der Waals surface area (Å²) in [6.45, 7) is 5.41. The smallest absolute Gasteiger partial charge is 0.134 e. The van der Waals surface area contributed by atoms with Gasteiger partial charge < -0.3 is 5.73 Å². The van der Waals surface area contributed by atoms with E-state index >= 15 is 0 Å². The Bertz CT molecular complexity index is 1030. The first-order valence-corrected chi connectivity index (χ1v) is 10.4. The molecule has 0 radical (unpaired) electrons. The van der Waals surface area contributed by atoms with Crippen LogP contribution in [0, 0.1) is 0 Å². The molecule has 0 unspecified atom stereocenters. The molecule has 0 spiro atoms. The molecular weight excluding hydrogens is 368 g/mol. The number of hydrazone groups is 1. The van der Waals surface area contributed by atoms with Crippen molar-refractivity contribution in [3.05, 3.63) is 108 Å². The van der Waals surface area contributed by atoms with Crippen LogP contribution in [0.25, 0.3) is 0 Å². The number of amidine groups is 1. The van der Waals surface area contributed by atoms with Gasteiger partial charge in [0.05, 0.1) is 30.3 Å². The van der Waals surface area contributed by atoms with Crippen molar-refractivity contribution in [3.8, 4) is 0 Å². The van der Waals surface area contributed by atoms with E-state index in [9.17, 15) is 0 Å². The van der Waals surface area contributed by atoms with E-state index in [-0.39, 0.29) is 11.5 Å². The first kappa shape index (κ1) is 20.0. The third-order valence-electron chi connectivity index (χ3n) is 6.06. The van der Waals surface area contributed by atoms with Crippen LogP contribution in [0.5, 0.6) is 0 Å². The van der Waals surface area contributed by atoms with E-state index < -0.39 is 0 Å². The number of aliphatic imine (C=N–C) groups is 1. The molecule has 3 aromatic rings. The molecule has 2 N–H and O–H groups in total. The van der Waals surface area contributed by atoms with Gasteiger partial charge in [-0.1, -0.05) is 91.0 Å². The Hall–Kier alpha value is -3.24. The van der Waals surface area contributed by atoms with Crippen molar-refractivity contribution < 1.29 is 0 Å². The Morgan fingerprint density at radius 3 is 2.10 bits per heavy atom. The summed E-state index contributed by atoms with van der Waals surface area (Å²) < 4.78 is 0. The molecule has 1 aliphatic heterocycles. The largest absolute Gasteiger partial charge is 0.324 e. The predicted molar refractivity (Wildman–Crippen MR) is 125 cm³/mol. The fraction of sp³-hybridized carbons (Fsp3) is 0.231. The molecule has 0 aliphatic carbocycles. The number of hydrogen-bond donors (Lipinski definition) is 1. The fourth-order valence-electron chi connectivity index (χ4n) is 4.13. The van der Waals surface area contributed by atoms with E-state index in [1.165, 1.54) is 5.56 Å². The van der Waals surface area contributed by atoms with Crippen LogP contribution in [0.4, 0.5) is 0 Å². The van der Waals surface area contributed by atoms with Crippen molar-refractivity contribution in [2.45, 2.75) is 31.8 Å². The Kier molecular flexibility index (Phi) is 5.77. The molecule has 4 heteroatoms. The van der Waals surface area contributed by atoms with E-state index in [0.717, 1.165) is 22.7 Å². The summed E-state index contributed by atoms with van der Waals surface area (Å²) in [5.41, 5.74) is 10.4. The van der Waals surface area contributed by atoms with Gasteiger partial charge in [0.1, 0.15) is 5.84 Å². The molecule has 152 valence electrons. The SMILES string of the molecule is C[C@@H]1N(C(CN)=NCc2ccccc2)N=C(c2ccccc2)[C@@]1(C)c1ccccc1. The van der Waals surface area contributed by atoms with Crippen LogP contribution >= 0.6 is 0 Å². The molecule has 3 aromatic carbocycles. The number of hydrogen-bond acceptors (Lipinski definition) is 3. The maximum atomic E-state index is 6.15. The molecule has 0 saturated heterocycles. The first-order chi connectivity index (χ1) is 14.6. The lowest BCUT2D eigenvalue weighted by Crippen LogP contribution is -2.46. The highest BCUT2D eigenvalue weighted by molar-refractivity contribution is 6.10. The highest BCUT2D eigenvalue weighted by atomic mass is 15.5. The minimum Gasteiger partial charge on any atom is -0.324 e. The number of nitrogens with zero attached hydrogens (tertiary/aromatic N) is 3. The summed E-state index contributed by atoms with van der Waals surface area (Å²) in [7, 11) is 0. The molecule has 0 bridgehead atoms. The molecule has 1 aliphatic rings. The normalized spacial score (nSPS) is 21.6. The maximum Gasteiger partial charge on any atom is 0.134 e. The first-order valence-electron chi connectivity index (χ1n) is 10.4. The van der Waals surface area contributed by atoms with Gasteiger partial charge in [0, 0.05) is 0 Å². The second-order valence-corrected chi connectivity index (χ2v) is 7.83. The molecule has 0 aromatic heterocycles. The summed E-state index contributed by atoms with van der Waals surface area (Å²) in [6, 6.07) is 31.3. The summed E-state index contributed by atoms with van der Waals surface area (Å²) >= 11 is 0. The molecule has 0 saturated carbocycles. The van der Waals surface area contributed by atoms with Crippen LogP contribution in [-0.2, 0) is 12.0 Å². The molecule has 2 atom stereocenters. The summed E-state index contributed by atoms with van der Waals surface area (Å²) in [6.07, 6.45) is 0. The number of rotatable bonds is 5. The highest BCUT2D eigenvalue weighted by Gasteiger charge is 2.48. The van der Waals surface area contributed by atoms with E-state index in [4.69, 9.17) is 15.8 Å². The third kappa shape index (κ3) is 3.66. The van der Waals surface area contributed by atoms with Gasteiger partial charge in [0.25, 0.3) is 0 Å². The van der Waals surface area contributed by atoms with E-state index in [1.807, 2.05) is 29.3 Å². The van der Waals surface area contributed by atoms with Crippen LogP contribution in [0.3, 0.4) is 0 Å². The molecule has 1 heterocycles. The lowest BCUT2D eigenvalue weighted by molar-refractivity contribution is 0.310. The van der Waals surface area contributed by atoms with E-state index in [2.05, 4.69) is 80.6 Å². The topological polar surface area (TPSA) is 54.0 Å². The Labute approximate surface area is 178 Å². The van der Waals surface area contributed by atoms with Gasteiger partial charge in [0.2, 0.25) is 0 Å². The predicted octanol–water partition coefficient (Wildman–Crippen LogP) is 4.61. The van der Waals surface area contributed by atoms with Gasteiger partial charge in [-0.05, 0) is 30.5 Å². The van der Waals surface area contributed by atoms with Crippen LogP contribution in [0.1, 0.15) is 30.5 Å². The van der Waals surface area contributed by atoms with Crippen LogP contribution in [0.2, 0.25) is 0 Å². The van der Waals surface area contributed by atoms with Crippen molar-refractivity contribution in [1.82, 2.24) is 5.01 Å². The third-order valence-corrected chi connectivity index (χ3v) is 6.06. The summed E-state index contributed by atoms with van der Waals surface area (Å²) in [5.74, 6) is 0.805. The van der Waals surface area contributed by atoms with E-state index in [1.54, 1.807) is 0 Å². The Morgan fingerprint density at radius 1 is 0.933 bits per heavy atom. The van der Waals surface area contributed by atoms with Crippen LogP contribution < -0.4 is 5.73 Å². The average molecular weight is 397 g/mol. The van der Waals surface area contributed by atoms with Gasteiger partial charge >= 0.3 is 0 Å². The second-order valence-electron chi connectivity index (χ2n) is 7.83. The van der Waals surface area contributed by atoms with Gasteiger partial charge in [0.15, 0.2) is 0 Å². The van der Waals surface area contributed by atoms with Crippen molar-refractivity contribution in [1.29, 1.82) is 0 Å². The molecule has 0 fully saturated rings. The second kappa shape index (κ2) is 8.64. The maximum absolute atomic E-state index is 6.15. The molecule has 30 heavy (non-hydrogen) atoms. The van der Waals surface area contributed by atoms with Crippen LogP contribution in [0.15, 0.2) is 101 Å². The fourth-order valence-corrected chi connectivity index (χ4v) is 4.13. The molecule has 4 nitrogen and oxygen atoms in total. The molecular formula is C26H28N4. The average Bonchev–Trinajstić information content (AvgIpc) is 3.08. The van der Waals surface area contributed by atoms with Crippen molar-refractivity contribution in [2.75, 3.05) is 6.54 Å². The zero-order chi connectivity index (χ0) is 21.0. The minimum absolute atomic E-state index is 0.0770. The Morgan fingerprint density at radius 2 is 1.50 bits per heavy atom. The minimum atomic E-state index is -0.286. The van der Waals surface area contributed by atoms with Crippen LogP contribution in [-0.4, -0.2) is 29.1 Å². The van der Waals surface area contributed by atoms with Gasteiger partial charge in [-0.15, -0.1) is 0 Å². The standard InChI is InChI=1S/C26H28N4/c1-20-26(2,23-16-10-5-11-17-23)25(22-14-8-4-9-15-22)29-30(20)24(18-27)28-19-21-12-6-3-7-13-21/h3-17,20H,18-19,27H2,1-2H3/t20-,26+/m0/s1. The Balaban J connectivity index is 1.76. The number of nitrogens with two attached hydrogens (primary N) is 1. The van der Waals surface area contributed by atoms with Crippen molar-refractivity contribution in [2.24, 2.45) is 15.8 Å².